The van der Waals surface area contributed by atoms with Crippen LogP contribution in [0.15, 0.2) is 28.2 Å². The van der Waals surface area contributed by atoms with Gasteiger partial charge in [0, 0.05) is 23.9 Å². The van der Waals surface area contributed by atoms with E-state index in [0.29, 0.717) is 16.5 Å². The van der Waals surface area contributed by atoms with Crippen molar-refractivity contribution in [3.05, 3.63) is 29.5 Å². The van der Waals surface area contributed by atoms with Gasteiger partial charge in [0.05, 0.1) is 6.26 Å². The van der Waals surface area contributed by atoms with Gasteiger partial charge in [-0.2, -0.15) is 0 Å². The summed E-state index contributed by atoms with van der Waals surface area (Å²) in [5, 5.41) is 14.8. The molecule has 0 bridgehead atoms. The van der Waals surface area contributed by atoms with Crippen molar-refractivity contribution in [2.24, 2.45) is 5.92 Å². The molecule has 1 aliphatic rings. The Bertz CT molecular complexity index is 594. The van der Waals surface area contributed by atoms with Crippen LogP contribution in [-0.2, 0) is 0 Å². The van der Waals surface area contributed by atoms with E-state index < -0.39 is 0 Å². The molecule has 6 heteroatoms. The number of nitrogens with zero attached hydrogens (tertiary/aromatic N) is 1. The molecule has 0 radical (unpaired) electrons. The molecule has 1 saturated carbocycles. The number of hydrogen-bond acceptors (Lipinski definition) is 5. The predicted octanol–water partition coefficient (Wildman–Crippen LogP) is 2.68. The smallest absolute Gasteiger partial charge is 0.271 e. The Labute approximate surface area is 127 Å². The molecular weight excluding hydrogens is 288 g/mol. The molecule has 21 heavy (non-hydrogen) atoms. The molecule has 5 nitrogen and oxygen atoms in total. The van der Waals surface area contributed by atoms with E-state index in [4.69, 9.17) is 4.42 Å². The lowest BCUT2D eigenvalue weighted by Crippen LogP contribution is -2.43. The highest BCUT2D eigenvalue weighted by Crippen LogP contribution is 2.26. The third-order valence-electron chi connectivity index (χ3n) is 3.93. The highest BCUT2D eigenvalue weighted by molar-refractivity contribution is 7.13. The highest BCUT2D eigenvalue weighted by Gasteiger charge is 2.26. The van der Waals surface area contributed by atoms with Crippen LogP contribution in [0.4, 0.5) is 0 Å². The number of carbonyl (C=O) groups excluding carboxylic acids is 1. The van der Waals surface area contributed by atoms with E-state index >= 15 is 0 Å². The number of rotatable bonds is 4. The lowest BCUT2D eigenvalue weighted by molar-refractivity contribution is 0.0868. The standard InChI is InChI=1S/C15H18N2O3S/c18-8-10-4-1-2-5-11(10)16-14(19)12-9-21-15(17-12)13-6-3-7-20-13/h3,6-7,9-11,18H,1-2,4-5,8H2,(H,16,19). The fourth-order valence-corrected chi connectivity index (χ4v) is 3.52. The van der Waals surface area contributed by atoms with Gasteiger partial charge in [0.15, 0.2) is 10.8 Å². The topological polar surface area (TPSA) is 75.4 Å². The van der Waals surface area contributed by atoms with Crippen LogP contribution in [0.3, 0.4) is 0 Å². The van der Waals surface area contributed by atoms with Gasteiger partial charge < -0.3 is 14.8 Å². The average molecular weight is 306 g/mol. The Morgan fingerprint density at radius 2 is 2.33 bits per heavy atom. The number of carbonyl (C=O) groups is 1. The van der Waals surface area contributed by atoms with Crippen LogP contribution in [-0.4, -0.2) is 28.6 Å². The van der Waals surface area contributed by atoms with Gasteiger partial charge in [0.25, 0.3) is 5.91 Å². The van der Waals surface area contributed by atoms with Gasteiger partial charge in [-0.05, 0) is 25.0 Å². The lowest BCUT2D eigenvalue weighted by Gasteiger charge is -2.30. The molecule has 1 fully saturated rings. The number of hydrogen-bond donors (Lipinski definition) is 2. The molecule has 2 heterocycles. The molecule has 3 rings (SSSR count). The van der Waals surface area contributed by atoms with E-state index in [0.717, 1.165) is 25.7 Å². The number of aliphatic hydroxyl groups excluding tert-OH is 1. The maximum atomic E-state index is 12.3. The quantitative estimate of drug-likeness (QED) is 0.910. The van der Waals surface area contributed by atoms with Gasteiger partial charge in [-0.15, -0.1) is 11.3 Å². The second-order valence-electron chi connectivity index (χ2n) is 5.32. The summed E-state index contributed by atoms with van der Waals surface area (Å²) in [6.45, 7) is 0.125. The molecule has 2 N–H and O–H groups in total. The molecule has 2 atom stereocenters. The number of aromatic nitrogens is 1. The van der Waals surface area contributed by atoms with Crippen LogP contribution in [0.1, 0.15) is 36.2 Å². The van der Waals surface area contributed by atoms with Crippen LogP contribution < -0.4 is 5.32 Å². The average Bonchev–Trinajstić information content (AvgIpc) is 3.18. The molecule has 0 aliphatic heterocycles. The summed E-state index contributed by atoms with van der Waals surface area (Å²) >= 11 is 1.39. The second kappa shape index (κ2) is 6.41. The van der Waals surface area contributed by atoms with Crippen molar-refractivity contribution < 1.29 is 14.3 Å². The molecule has 2 unspecified atom stereocenters. The van der Waals surface area contributed by atoms with Gasteiger partial charge in [0.2, 0.25) is 0 Å². The van der Waals surface area contributed by atoms with Gasteiger partial charge in [0.1, 0.15) is 5.69 Å². The van der Waals surface area contributed by atoms with Gasteiger partial charge >= 0.3 is 0 Å². The van der Waals surface area contributed by atoms with E-state index in [9.17, 15) is 9.90 Å². The molecule has 112 valence electrons. The van der Waals surface area contributed by atoms with Crippen molar-refractivity contribution in [1.29, 1.82) is 0 Å². The summed E-state index contributed by atoms with van der Waals surface area (Å²) in [6.07, 6.45) is 5.69. The number of amides is 1. The Balaban J connectivity index is 1.68. The minimum atomic E-state index is -0.172. The van der Waals surface area contributed by atoms with Crippen LogP contribution in [0.25, 0.3) is 10.8 Å². The van der Waals surface area contributed by atoms with E-state index in [1.54, 1.807) is 17.7 Å². The molecule has 2 aromatic heterocycles. The molecule has 1 aliphatic carbocycles. The summed E-state index contributed by atoms with van der Waals surface area (Å²) in [7, 11) is 0. The van der Waals surface area contributed by atoms with Crippen LogP contribution in [0.2, 0.25) is 0 Å². The number of furan rings is 1. The summed E-state index contributed by atoms with van der Waals surface area (Å²) in [5.41, 5.74) is 0.411. The monoisotopic (exact) mass is 306 g/mol. The van der Waals surface area contributed by atoms with Crippen molar-refractivity contribution in [2.75, 3.05) is 6.61 Å². The Morgan fingerprint density at radius 1 is 1.48 bits per heavy atom. The van der Waals surface area contributed by atoms with Crippen molar-refractivity contribution in [2.45, 2.75) is 31.7 Å². The van der Waals surface area contributed by atoms with E-state index in [1.807, 2.05) is 6.07 Å². The first-order valence-electron chi connectivity index (χ1n) is 7.19. The van der Waals surface area contributed by atoms with Crippen molar-refractivity contribution in [1.82, 2.24) is 10.3 Å². The van der Waals surface area contributed by atoms with Gasteiger partial charge in [-0.25, -0.2) is 4.98 Å². The lowest BCUT2D eigenvalue weighted by atomic mass is 9.85. The zero-order valence-electron chi connectivity index (χ0n) is 11.6. The number of aliphatic hydroxyl groups is 1. The molecule has 1 amide bonds. The Kier molecular flexibility index (Phi) is 4.36. The summed E-state index contributed by atoms with van der Waals surface area (Å²) in [5.74, 6) is 0.658. The van der Waals surface area contributed by atoms with Crippen LogP contribution in [0.5, 0.6) is 0 Å². The maximum Gasteiger partial charge on any atom is 0.271 e. The second-order valence-corrected chi connectivity index (χ2v) is 6.18. The van der Waals surface area contributed by atoms with Gasteiger partial charge in [-0.1, -0.05) is 12.8 Å². The largest absolute Gasteiger partial charge is 0.462 e. The Morgan fingerprint density at radius 3 is 3.10 bits per heavy atom. The summed E-state index contributed by atoms with van der Waals surface area (Å²) in [6, 6.07) is 3.67. The van der Waals surface area contributed by atoms with Crippen molar-refractivity contribution >= 4 is 17.2 Å². The summed E-state index contributed by atoms with van der Waals surface area (Å²) < 4.78 is 5.28. The normalized spacial score (nSPS) is 22.1. The zero-order chi connectivity index (χ0) is 14.7. The summed E-state index contributed by atoms with van der Waals surface area (Å²) in [4.78, 5) is 16.6. The fraction of sp³-hybridized carbons (Fsp3) is 0.467. The molecule has 0 aromatic carbocycles. The first-order chi connectivity index (χ1) is 10.3. The van der Waals surface area contributed by atoms with Crippen LogP contribution >= 0.6 is 11.3 Å². The minimum absolute atomic E-state index is 0.0463. The first-order valence-corrected chi connectivity index (χ1v) is 8.07. The number of nitrogens with one attached hydrogen (secondary N) is 1. The third kappa shape index (κ3) is 3.16. The van der Waals surface area contributed by atoms with Gasteiger partial charge in [-0.3, -0.25) is 4.79 Å². The van der Waals surface area contributed by atoms with E-state index in [-0.39, 0.29) is 24.5 Å². The van der Waals surface area contributed by atoms with E-state index in [2.05, 4.69) is 10.3 Å². The third-order valence-corrected chi connectivity index (χ3v) is 4.79. The first kappa shape index (κ1) is 14.3. The molecular formula is C15H18N2O3S. The van der Waals surface area contributed by atoms with Crippen molar-refractivity contribution in [3.8, 4) is 10.8 Å². The van der Waals surface area contributed by atoms with Crippen LogP contribution in [0, 0.1) is 5.92 Å². The zero-order valence-corrected chi connectivity index (χ0v) is 12.4. The minimum Gasteiger partial charge on any atom is -0.462 e. The molecule has 2 aromatic rings. The fourth-order valence-electron chi connectivity index (χ4n) is 2.75. The van der Waals surface area contributed by atoms with Crippen molar-refractivity contribution in [3.63, 3.8) is 0 Å². The SMILES string of the molecule is O=C(NC1CCCCC1CO)c1csc(-c2ccco2)n1. The molecule has 0 spiro atoms. The maximum absolute atomic E-state index is 12.3. The number of thiazole rings is 1. The predicted molar refractivity (Wildman–Crippen MR) is 80.1 cm³/mol. The molecule has 0 saturated heterocycles. The highest BCUT2D eigenvalue weighted by atomic mass is 32.1. The Hall–Kier alpha value is -1.66. The van der Waals surface area contributed by atoms with E-state index in [1.165, 1.54) is 11.3 Å².